The lowest BCUT2D eigenvalue weighted by atomic mass is 9.91. The summed E-state index contributed by atoms with van der Waals surface area (Å²) in [6.07, 6.45) is 2.19. The molecule has 4 nitrogen and oxygen atoms in total. The predicted octanol–water partition coefficient (Wildman–Crippen LogP) is 3.25. The molecule has 0 aliphatic carbocycles. The quantitative estimate of drug-likeness (QED) is 0.487. The van der Waals surface area contributed by atoms with Gasteiger partial charge in [-0.2, -0.15) is 0 Å². The van der Waals surface area contributed by atoms with Crippen molar-refractivity contribution in [3.8, 4) is 5.75 Å². The zero-order chi connectivity index (χ0) is 14.3. The van der Waals surface area contributed by atoms with Crippen LogP contribution in [0.1, 0.15) is 33.6 Å². The first-order chi connectivity index (χ1) is 8.90. The van der Waals surface area contributed by atoms with Gasteiger partial charge in [-0.1, -0.05) is 26.8 Å². The molecule has 0 radical (unpaired) electrons. The van der Waals surface area contributed by atoms with Gasteiger partial charge in [-0.25, -0.2) is 0 Å². The van der Waals surface area contributed by atoms with E-state index in [1.54, 1.807) is 7.11 Å². The Balaban J connectivity index is 2.43. The number of rotatable bonds is 5. The Morgan fingerprint density at radius 1 is 1.37 bits per heavy atom. The van der Waals surface area contributed by atoms with E-state index in [-0.39, 0.29) is 0 Å². The first-order valence-corrected chi connectivity index (χ1v) is 6.62. The number of methoxy groups -OCH3 is 1. The largest absolute Gasteiger partial charge is 0.497 e. The van der Waals surface area contributed by atoms with E-state index >= 15 is 0 Å². The maximum absolute atomic E-state index is 5.85. The van der Waals surface area contributed by atoms with Crippen LogP contribution in [-0.2, 0) is 0 Å². The van der Waals surface area contributed by atoms with Crippen molar-refractivity contribution in [1.82, 2.24) is 0 Å². The van der Waals surface area contributed by atoms with Crippen LogP contribution in [0.15, 0.2) is 29.3 Å². The minimum atomic E-state index is 0.352. The Morgan fingerprint density at radius 2 is 2.11 bits per heavy atom. The number of benzene rings is 1. The number of guanidine groups is 1. The number of nitrogens with zero attached hydrogens (tertiary/aromatic N) is 1. The summed E-state index contributed by atoms with van der Waals surface area (Å²) in [5.41, 5.74) is 7.08. The van der Waals surface area contributed by atoms with Gasteiger partial charge in [0.05, 0.1) is 7.11 Å². The molecule has 0 aliphatic rings. The summed E-state index contributed by atoms with van der Waals surface area (Å²) in [5, 5.41) is 3.06. The molecule has 0 atom stereocenters. The maximum Gasteiger partial charge on any atom is 0.193 e. The second-order valence-corrected chi connectivity index (χ2v) is 5.79. The lowest BCUT2D eigenvalue weighted by Crippen LogP contribution is -2.23. The van der Waals surface area contributed by atoms with Crippen molar-refractivity contribution in [2.75, 3.05) is 19.0 Å². The standard InChI is InChI=1S/C15H25N3O/c1-15(2,3)9-6-10-17-14(16)18-12-7-5-8-13(11-12)19-4/h5,7-8,11H,6,9-10H2,1-4H3,(H3,16,17,18). The van der Waals surface area contributed by atoms with E-state index in [4.69, 9.17) is 10.5 Å². The number of hydrogen-bond donors (Lipinski definition) is 2. The van der Waals surface area contributed by atoms with Gasteiger partial charge in [0.25, 0.3) is 0 Å². The van der Waals surface area contributed by atoms with Crippen molar-refractivity contribution < 1.29 is 4.74 Å². The molecule has 0 aromatic heterocycles. The average molecular weight is 263 g/mol. The number of aliphatic imine (C=N–C) groups is 1. The summed E-state index contributed by atoms with van der Waals surface area (Å²) in [5.74, 6) is 1.24. The highest BCUT2D eigenvalue weighted by atomic mass is 16.5. The second kappa shape index (κ2) is 7.02. The van der Waals surface area contributed by atoms with Gasteiger partial charge < -0.3 is 15.8 Å². The molecule has 1 rings (SSSR count). The van der Waals surface area contributed by atoms with Crippen LogP contribution in [0.3, 0.4) is 0 Å². The minimum Gasteiger partial charge on any atom is -0.497 e. The van der Waals surface area contributed by atoms with Crippen LogP contribution < -0.4 is 15.8 Å². The highest BCUT2D eigenvalue weighted by Gasteiger charge is 2.08. The van der Waals surface area contributed by atoms with Crippen LogP contribution in [0.25, 0.3) is 0 Å². The summed E-state index contributed by atoms with van der Waals surface area (Å²) >= 11 is 0. The van der Waals surface area contributed by atoms with Gasteiger partial charge in [-0.15, -0.1) is 0 Å². The molecule has 0 unspecified atom stereocenters. The molecule has 0 saturated carbocycles. The summed E-state index contributed by atoms with van der Waals surface area (Å²) in [6, 6.07) is 7.62. The summed E-state index contributed by atoms with van der Waals surface area (Å²) in [4.78, 5) is 4.32. The van der Waals surface area contributed by atoms with Crippen molar-refractivity contribution in [3.05, 3.63) is 24.3 Å². The molecule has 0 saturated heterocycles. The van der Waals surface area contributed by atoms with Crippen LogP contribution in [0.4, 0.5) is 5.69 Å². The van der Waals surface area contributed by atoms with Gasteiger partial charge in [0.15, 0.2) is 5.96 Å². The molecule has 19 heavy (non-hydrogen) atoms. The Morgan fingerprint density at radius 3 is 2.74 bits per heavy atom. The van der Waals surface area contributed by atoms with Crippen molar-refractivity contribution >= 4 is 11.6 Å². The minimum absolute atomic E-state index is 0.352. The third-order valence-corrected chi connectivity index (χ3v) is 2.71. The summed E-state index contributed by atoms with van der Waals surface area (Å²) < 4.78 is 5.15. The number of ether oxygens (including phenoxy) is 1. The zero-order valence-corrected chi connectivity index (χ0v) is 12.4. The Kier molecular flexibility index (Phi) is 5.67. The maximum atomic E-state index is 5.85. The van der Waals surface area contributed by atoms with E-state index in [1.807, 2.05) is 24.3 Å². The lowest BCUT2D eigenvalue weighted by molar-refractivity contribution is 0.368. The molecule has 0 amide bonds. The van der Waals surface area contributed by atoms with Crippen LogP contribution >= 0.6 is 0 Å². The third-order valence-electron chi connectivity index (χ3n) is 2.71. The van der Waals surface area contributed by atoms with Crippen LogP contribution in [0.5, 0.6) is 5.75 Å². The van der Waals surface area contributed by atoms with Crippen molar-refractivity contribution in [2.24, 2.45) is 16.1 Å². The molecule has 0 bridgehead atoms. The van der Waals surface area contributed by atoms with E-state index in [9.17, 15) is 0 Å². The molecule has 1 aromatic carbocycles. The number of anilines is 1. The average Bonchev–Trinajstić information content (AvgIpc) is 2.34. The molecule has 0 heterocycles. The summed E-state index contributed by atoms with van der Waals surface area (Å²) in [6.45, 7) is 7.44. The molecule has 1 aromatic rings. The molecule has 0 aliphatic heterocycles. The Bertz CT molecular complexity index is 422. The van der Waals surface area contributed by atoms with Crippen LogP contribution in [-0.4, -0.2) is 19.6 Å². The smallest absolute Gasteiger partial charge is 0.193 e. The SMILES string of the molecule is COc1cccc(NC(N)=NCCCC(C)(C)C)c1. The molecular formula is C15H25N3O. The molecule has 106 valence electrons. The van der Waals surface area contributed by atoms with Gasteiger partial charge in [0, 0.05) is 18.3 Å². The molecule has 4 heteroatoms. The van der Waals surface area contributed by atoms with E-state index in [1.165, 1.54) is 0 Å². The van der Waals surface area contributed by atoms with Gasteiger partial charge in [0.1, 0.15) is 5.75 Å². The van der Waals surface area contributed by atoms with E-state index < -0.39 is 0 Å². The van der Waals surface area contributed by atoms with Gasteiger partial charge >= 0.3 is 0 Å². The fraction of sp³-hybridized carbons (Fsp3) is 0.533. The van der Waals surface area contributed by atoms with E-state index in [2.05, 4.69) is 31.1 Å². The van der Waals surface area contributed by atoms with Crippen LogP contribution in [0, 0.1) is 5.41 Å². The van der Waals surface area contributed by atoms with Crippen molar-refractivity contribution in [1.29, 1.82) is 0 Å². The Labute approximate surface area is 116 Å². The topological polar surface area (TPSA) is 59.6 Å². The molecule has 0 fully saturated rings. The number of nitrogens with two attached hydrogens (primary N) is 1. The first kappa shape index (κ1) is 15.3. The van der Waals surface area contributed by atoms with Gasteiger partial charge in [-0.3, -0.25) is 4.99 Å². The van der Waals surface area contributed by atoms with E-state index in [0.717, 1.165) is 30.8 Å². The molecule has 0 spiro atoms. The monoisotopic (exact) mass is 263 g/mol. The second-order valence-electron chi connectivity index (χ2n) is 5.79. The van der Waals surface area contributed by atoms with Gasteiger partial charge in [-0.05, 0) is 30.4 Å². The zero-order valence-electron chi connectivity index (χ0n) is 12.4. The number of nitrogens with one attached hydrogen (secondary N) is 1. The normalized spacial score (nSPS) is 12.3. The molecule has 3 N–H and O–H groups in total. The first-order valence-electron chi connectivity index (χ1n) is 6.62. The Hall–Kier alpha value is -1.71. The molecular weight excluding hydrogens is 238 g/mol. The third kappa shape index (κ3) is 6.70. The fourth-order valence-electron chi connectivity index (χ4n) is 1.70. The summed E-state index contributed by atoms with van der Waals surface area (Å²) in [7, 11) is 1.64. The van der Waals surface area contributed by atoms with Crippen molar-refractivity contribution in [3.63, 3.8) is 0 Å². The van der Waals surface area contributed by atoms with Gasteiger partial charge in [0.2, 0.25) is 0 Å². The lowest BCUT2D eigenvalue weighted by Gasteiger charge is -2.16. The van der Waals surface area contributed by atoms with Crippen LogP contribution in [0.2, 0.25) is 0 Å². The van der Waals surface area contributed by atoms with Crippen molar-refractivity contribution in [2.45, 2.75) is 33.6 Å². The fourth-order valence-corrected chi connectivity index (χ4v) is 1.70. The number of hydrogen-bond acceptors (Lipinski definition) is 2. The highest BCUT2D eigenvalue weighted by Crippen LogP contribution is 2.20. The predicted molar refractivity (Wildman–Crippen MR) is 81.8 cm³/mol. The van der Waals surface area contributed by atoms with E-state index in [0.29, 0.717) is 11.4 Å². The highest BCUT2D eigenvalue weighted by molar-refractivity contribution is 5.92.